The largest absolute Gasteiger partial charge is 0.416 e. The zero-order chi connectivity index (χ0) is 26.6. The molecule has 3 aromatic carbocycles. The summed E-state index contributed by atoms with van der Waals surface area (Å²) in [6.07, 6.45) is -4.50. The monoisotopic (exact) mass is 547 g/mol. The molecule has 0 aliphatic carbocycles. The molecule has 2 amide bonds. The van der Waals surface area contributed by atoms with E-state index in [2.05, 4.69) is 10.4 Å². The molecular weight excluding hydrogens is 534 g/mol. The third-order valence-electron chi connectivity index (χ3n) is 5.84. The van der Waals surface area contributed by atoms with Crippen molar-refractivity contribution in [2.24, 2.45) is 0 Å². The van der Waals surface area contributed by atoms with Crippen LogP contribution in [0, 0.1) is 6.92 Å². The number of hydrogen-bond acceptors (Lipinski definition) is 5. The van der Waals surface area contributed by atoms with Gasteiger partial charge in [-0.1, -0.05) is 35.3 Å². The maximum atomic E-state index is 12.9. The maximum Gasteiger partial charge on any atom is 0.416 e. The number of imide groups is 1. The summed E-state index contributed by atoms with van der Waals surface area (Å²) in [5.41, 5.74) is 0.457. The van der Waals surface area contributed by atoms with Crippen molar-refractivity contribution in [1.82, 2.24) is 19.8 Å². The Hall–Kier alpha value is -3.96. The zero-order valence-corrected chi connectivity index (χ0v) is 20.3. The van der Waals surface area contributed by atoms with Crippen molar-refractivity contribution in [2.45, 2.75) is 19.6 Å². The predicted octanol–water partition coefficient (Wildman–Crippen LogP) is 4.91. The Morgan fingerprint density at radius 2 is 1.43 bits per heavy atom. The second-order valence-electron chi connectivity index (χ2n) is 8.25. The molecular formula is C24H14Cl2F3N5O3. The van der Waals surface area contributed by atoms with Crippen molar-refractivity contribution in [1.29, 1.82) is 0 Å². The summed E-state index contributed by atoms with van der Waals surface area (Å²) in [5, 5.41) is 7.87. The number of carbonyl (C=O) groups is 2. The van der Waals surface area contributed by atoms with Gasteiger partial charge in [-0.25, -0.2) is 9.69 Å². The lowest BCUT2D eigenvalue weighted by Crippen LogP contribution is -2.30. The van der Waals surface area contributed by atoms with Gasteiger partial charge < -0.3 is 0 Å². The Morgan fingerprint density at radius 3 is 1.97 bits per heavy atom. The Morgan fingerprint density at radius 1 is 0.838 bits per heavy atom. The fourth-order valence-corrected chi connectivity index (χ4v) is 4.35. The van der Waals surface area contributed by atoms with Gasteiger partial charge in [0.2, 0.25) is 0 Å². The number of rotatable bonds is 4. The quantitative estimate of drug-likeness (QED) is 0.338. The van der Waals surface area contributed by atoms with Gasteiger partial charge in [-0.15, -0.1) is 0 Å². The molecule has 13 heteroatoms. The average Bonchev–Trinajstić information content (AvgIpc) is 3.31. The highest BCUT2D eigenvalue weighted by Gasteiger charge is 2.38. The molecule has 4 aromatic rings. The van der Waals surface area contributed by atoms with Crippen molar-refractivity contribution in [3.8, 4) is 5.69 Å². The number of anilines is 1. The van der Waals surface area contributed by atoms with Gasteiger partial charge in [0.1, 0.15) is 0 Å². The number of aryl methyl sites for hydroxylation is 1. The number of amides is 2. The number of benzene rings is 3. The summed E-state index contributed by atoms with van der Waals surface area (Å²) in [6, 6.07) is 11.5. The molecule has 2 heterocycles. The van der Waals surface area contributed by atoms with E-state index in [1.54, 1.807) is 25.1 Å². The van der Waals surface area contributed by atoms with Crippen molar-refractivity contribution < 1.29 is 22.8 Å². The lowest BCUT2D eigenvalue weighted by atomic mass is 10.1. The molecule has 1 aliphatic heterocycles. The minimum atomic E-state index is -4.50. The van der Waals surface area contributed by atoms with Crippen LogP contribution in [0.5, 0.6) is 0 Å². The highest BCUT2D eigenvalue weighted by atomic mass is 35.5. The lowest BCUT2D eigenvalue weighted by molar-refractivity contribution is -0.137. The average molecular weight is 548 g/mol. The standard InChI is InChI=1S/C24H14Cl2F3N5O3/c1-12-8-13(2-7-20(12)33-21(35)16-9-18(25)19(26)10-17(16)22(33)36)11-32-23(37)34(31-30-32)15-5-3-14(4-6-15)24(27,28)29/h2-10H,11H2,1H3. The minimum Gasteiger partial charge on any atom is -0.268 e. The molecule has 0 N–H and O–H groups in total. The van der Waals surface area contributed by atoms with Gasteiger partial charge in [0, 0.05) is 0 Å². The second-order valence-corrected chi connectivity index (χ2v) is 9.07. The summed E-state index contributed by atoms with van der Waals surface area (Å²) < 4.78 is 40.3. The third-order valence-corrected chi connectivity index (χ3v) is 6.56. The highest BCUT2D eigenvalue weighted by Crippen LogP contribution is 2.35. The molecule has 1 aliphatic rings. The van der Waals surface area contributed by atoms with E-state index < -0.39 is 29.2 Å². The van der Waals surface area contributed by atoms with Crippen molar-refractivity contribution in [2.75, 3.05) is 4.90 Å². The molecule has 0 saturated heterocycles. The van der Waals surface area contributed by atoms with Crippen LogP contribution in [0.15, 0.2) is 59.4 Å². The van der Waals surface area contributed by atoms with Crippen LogP contribution < -0.4 is 10.6 Å². The van der Waals surface area contributed by atoms with E-state index in [1.807, 2.05) is 0 Å². The maximum absolute atomic E-state index is 12.9. The molecule has 0 fully saturated rings. The van der Waals surface area contributed by atoms with Crippen molar-refractivity contribution in [3.05, 3.63) is 103 Å². The van der Waals surface area contributed by atoms with Crippen LogP contribution >= 0.6 is 23.2 Å². The fourth-order valence-electron chi connectivity index (χ4n) is 4.02. The van der Waals surface area contributed by atoms with Crippen LogP contribution in [0.4, 0.5) is 18.9 Å². The minimum absolute atomic E-state index is 0.00603. The smallest absolute Gasteiger partial charge is 0.268 e. The molecule has 0 bridgehead atoms. The number of aromatic nitrogens is 4. The van der Waals surface area contributed by atoms with Gasteiger partial charge in [0.05, 0.1) is 44.7 Å². The van der Waals surface area contributed by atoms with Crippen LogP contribution in [-0.2, 0) is 12.7 Å². The molecule has 0 atom stereocenters. The van der Waals surface area contributed by atoms with E-state index in [4.69, 9.17) is 23.2 Å². The number of carbonyl (C=O) groups excluding carboxylic acids is 2. The number of nitrogens with zero attached hydrogens (tertiary/aromatic N) is 5. The summed E-state index contributed by atoms with van der Waals surface area (Å²) >= 11 is 12.0. The molecule has 37 heavy (non-hydrogen) atoms. The predicted molar refractivity (Wildman–Crippen MR) is 129 cm³/mol. The second kappa shape index (κ2) is 8.86. The number of halogens is 5. The number of fused-ring (bicyclic) bond motifs is 1. The lowest BCUT2D eigenvalue weighted by Gasteiger charge is -2.17. The molecule has 188 valence electrons. The van der Waals surface area contributed by atoms with Crippen LogP contribution in [0.3, 0.4) is 0 Å². The SMILES string of the molecule is Cc1cc(Cn2nnn(-c3ccc(C(F)(F)F)cc3)c2=O)ccc1N1C(=O)c2cc(Cl)c(Cl)cc2C1=O. The zero-order valence-electron chi connectivity index (χ0n) is 18.8. The van der Waals surface area contributed by atoms with E-state index in [0.717, 1.165) is 38.5 Å². The summed E-state index contributed by atoms with van der Waals surface area (Å²) in [7, 11) is 0. The highest BCUT2D eigenvalue weighted by molar-refractivity contribution is 6.44. The van der Waals surface area contributed by atoms with Crippen LogP contribution in [0.1, 0.15) is 37.4 Å². The molecule has 8 nitrogen and oxygen atoms in total. The first kappa shape index (κ1) is 24.7. The Labute approximate surface area is 216 Å². The van der Waals surface area contributed by atoms with E-state index >= 15 is 0 Å². The molecule has 1 aromatic heterocycles. The summed E-state index contributed by atoms with van der Waals surface area (Å²) in [4.78, 5) is 39.6. The van der Waals surface area contributed by atoms with Crippen molar-refractivity contribution in [3.63, 3.8) is 0 Å². The number of alkyl halides is 3. The van der Waals surface area contributed by atoms with Crippen LogP contribution in [-0.4, -0.2) is 31.6 Å². The van der Waals surface area contributed by atoms with Gasteiger partial charge >= 0.3 is 11.9 Å². The van der Waals surface area contributed by atoms with E-state index in [9.17, 15) is 27.6 Å². The summed E-state index contributed by atoms with van der Waals surface area (Å²) in [5.74, 6) is -1.07. The fraction of sp³-hybridized carbons (Fsp3) is 0.125. The van der Waals surface area contributed by atoms with Gasteiger partial charge in [-0.05, 0) is 70.9 Å². The first-order valence-electron chi connectivity index (χ1n) is 10.6. The molecule has 0 radical (unpaired) electrons. The van der Waals surface area contributed by atoms with Crippen LogP contribution in [0.2, 0.25) is 10.0 Å². The van der Waals surface area contributed by atoms with E-state index in [1.165, 1.54) is 12.1 Å². The third kappa shape index (κ3) is 4.30. The van der Waals surface area contributed by atoms with Gasteiger partial charge in [-0.3, -0.25) is 9.59 Å². The first-order valence-corrected chi connectivity index (χ1v) is 11.4. The van der Waals surface area contributed by atoms with Crippen molar-refractivity contribution >= 4 is 40.7 Å². The molecule has 5 rings (SSSR count). The Balaban J connectivity index is 1.39. The first-order chi connectivity index (χ1) is 17.5. The Bertz CT molecular complexity index is 1600. The van der Waals surface area contributed by atoms with Gasteiger partial charge in [0.15, 0.2) is 0 Å². The van der Waals surface area contributed by atoms with E-state index in [0.29, 0.717) is 16.8 Å². The number of tetrazole rings is 1. The summed E-state index contributed by atoms with van der Waals surface area (Å²) in [6.45, 7) is 1.69. The van der Waals surface area contributed by atoms with Gasteiger partial charge in [-0.2, -0.15) is 22.5 Å². The molecule has 0 spiro atoms. The topological polar surface area (TPSA) is 90.1 Å². The molecule has 0 unspecified atom stereocenters. The normalized spacial score (nSPS) is 13.4. The van der Waals surface area contributed by atoms with Crippen LogP contribution in [0.25, 0.3) is 5.69 Å². The molecule has 0 saturated carbocycles. The van der Waals surface area contributed by atoms with E-state index in [-0.39, 0.29) is 33.4 Å². The number of hydrogen-bond donors (Lipinski definition) is 0. The Kier molecular flexibility index (Phi) is 5.92. The van der Waals surface area contributed by atoms with Gasteiger partial charge in [0.25, 0.3) is 11.8 Å².